The van der Waals surface area contributed by atoms with Crippen LogP contribution in [0.2, 0.25) is 0 Å². The Bertz CT molecular complexity index is 1280. The van der Waals surface area contributed by atoms with E-state index in [0.717, 1.165) is 5.56 Å². The number of phenolic OH excluding ortho intramolecular Hbond substituents is 1. The molecule has 1 aliphatic carbocycles. The number of β-lactam (4-membered cyclic amide) rings is 1. The van der Waals surface area contributed by atoms with E-state index in [1.54, 1.807) is 32.1 Å². The van der Waals surface area contributed by atoms with Gasteiger partial charge in [-0.2, -0.15) is 0 Å². The van der Waals surface area contributed by atoms with Crippen molar-refractivity contribution < 1.29 is 29.7 Å². The summed E-state index contributed by atoms with van der Waals surface area (Å²) in [6.45, 7) is 7.13. The van der Waals surface area contributed by atoms with E-state index in [2.05, 4.69) is 11.9 Å². The van der Waals surface area contributed by atoms with Gasteiger partial charge in [-0.3, -0.25) is 14.4 Å². The molecule has 2 aromatic rings. The maximum Gasteiger partial charge on any atom is 0.254 e. The van der Waals surface area contributed by atoms with Crippen LogP contribution in [0.15, 0.2) is 61.2 Å². The van der Waals surface area contributed by atoms with E-state index in [1.165, 1.54) is 15.9 Å². The molecule has 5 rings (SSSR count). The third-order valence-corrected chi connectivity index (χ3v) is 8.41. The first-order valence-corrected chi connectivity index (χ1v) is 12.3. The Kier molecular flexibility index (Phi) is 5.88. The molecule has 1 saturated carbocycles. The number of hydrogen-bond donors (Lipinski definition) is 4. The zero-order valence-corrected chi connectivity index (χ0v) is 20.8. The minimum Gasteiger partial charge on any atom is -0.508 e. The number of rotatable bonds is 7. The fourth-order valence-electron chi connectivity index (χ4n) is 6.05. The second kappa shape index (κ2) is 8.71. The van der Waals surface area contributed by atoms with Crippen LogP contribution >= 0.6 is 0 Å². The first-order chi connectivity index (χ1) is 17.6. The number of nitrogens with one attached hydrogen (secondary N) is 1. The number of fused-ring (bicyclic) bond motifs is 1. The highest BCUT2D eigenvalue weighted by atomic mass is 16.3. The van der Waals surface area contributed by atoms with Crippen LogP contribution in [0.4, 0.5) is 0 Å². The first kappa shape index (κ1) is 25.0. The van der Waals surface area contributed by atoms with E-state index in [1.807, 2.05) is 30.3 Å². The number of likely N-dealkylation sites (tertiary alicyclic amines) is 2. The van der Waals surface area contributed by atoms with E-state index in [9.17, 15) is 29.7 Å². The lowest BCUT2D eigenvalue weighted by atomic mass is 9.79. The molecule has 0 aromatic heterocycles. The Hall–Kier alpha value is -3.69. The molecule has 2 aliphatic heterocycles. The van der Waals surface area contributed by atoms with E-state index >= 15 is 0 Å². The summed E-state index contributed by atoms with van der Waals surface area (Å²) >= 11 is 0. The average Bonchev–Trinajstić information content (AvgIpc) is 3.56. The molecule has 0 radical (unpaired) electrons. The van der Waals surface area contributed by atoms with Gasteiger partial charge in [0.15, 0.2) is 6.10 Å². The molecule has 2 aromatic carbocycles. The van der Waals surface area contributed by atoms with Crippen LogP contribution in [0.25, 0.3) is 0 Å². The van der Waals surface area contributed by atoms with Crippen molar-refractivity contribution in [2.75, 3.05) is 13.1 Å². The molecule has 3 fully saturated rings. The number of aromatic hydroxyl groups is 1. The summed E-state index contributed by atoms with van der Waals surface area (Å²) in [6, 6.07) is 13.0. The summed E-state index contributed by atoms with van der Waals surface area (Å²) in [5.74, 6) is -1.94. The van der Waals surface area contributed by atoms with E-state index in [-0.39, 0.29) is 36.2 Å². The number of aliphatic hydroxyl groups excluding tert-OH is 2. The Labute approximate surface area is 215 Å². The second-order valence-electron chi connectivity index (χ2n) is 10.4. The Balaban J connectivity index is 1.45. The number of nitrogens with zero attached hydrogens (tertiary/aromatic N) is 2. The predicted octanol–water partition coefficient (Wildman–Crippen LogP) is 1.08. The molecule has 9 nitrogen and oxygen atoms in total. The van der Waals surface area contributed by atoms with Gasteiger partial charge < -0.3 is 30.4 Å². The largest absolute Gasteiger partial charge is 0.508 e. The molecule has 37 heavy (non-hydrogen) atoms. The first-order valence-electron chi connectivity index (χ1n) is 12.3. The third kappa shape index (κ3) is 3.56. The molecule has 3 unspecified atom stereocenters. The van der Waals surface area contributed by atoms with Crippen LogP contribution in [-0.4, -0.2) is 85.3 Å². The summed E-state index contributed by atoms with van der Waals surface area (Å²) in [5, 5.41) is 35.3. The van der Waals surface area contributed by atoms with Gasteiger partial charge in [0.1, 0.15) is 11.8 Å². The highest BCUT2D eigenvalue weighted by Gasteiger charge is 2.70. The summed E-state index contributed by atoms with van der Waals surface area (Å²) in [7, 11) is 0. The smallest absolute Gasteiger partial charge is 0.254 e. The maximum atomic E-state index is 13.7. The van der Waals surface area contributed by atoms with Gasteiger partial charge in [0.25, 0.3) is 11.8 Å². The highest BCUT2D eigenvalue weighted by molar-refractivity contribution is 6.00. The van der Waals surface area contributed by atoms with E-state index in [4.69, 9.17) is 0 Å². The van der Waals surface area contributed by atoms with Crippen molar-refractivity contribution in [3.63, 3.8) is 0 Å². The van der Waals surface area contributed by atoms with Crippen LogP contribution in [0, 0.1) is 6.92 Å². The Morgan fingerprint density at radius 1 is 1.22 bits per heavy atom. The summed E-state index contributed by atoms with van der Waals surface area (Å²) in [5.41, 5.74) is -0.821. The number of amides is 3. The number of β-amino-alcohol motifs (C(OH)–C–C–N with tert-alkyl or cyclic N) is 1. The molecule has 194 valence electrons. The van der Waals surface area contributed by atoms with Crippen molar-refractivity contribution in [3.05, 3.63) is 77.9 Å². The van der Waals surface area contributed by atoms with Crippen molar-refractivity contribution in [2.45, 2.75) is 55.5 Å². The van der Waals surface area contributed by atoms with Gasteiger partial charge in [0, 0.05) is 23.6 Å². The molecule has 6 atom stereocenters. The monoisotopic (exact) mass is 505 g/mol. The Morgan fingerprint density at radius 2 is 1.92 bits per heavy atom. The standard InChI is InChI=1S/C28H31N3O6/c1-4-13-31-25(36)22-27(31,3)21(33)15-30(22)26(37)23(34)28(14-19(28)17-9-6-5-7-10-17)29-24(35)18-11-8-12-20(32)16(18)2/h4-12,19,21-23,32-34H,1,13-15H2,2-3H3,(H,29,35)/t19?,21-,22-,23-,27?,28?/m1/s1. The van der Waals surface area contributed by atoms with E-state index < -0.39 is 41.1 Å². The van der Waals surface area contributed by atoms with Gasteiger partial charge in [-0.1, -0.05) is 42.5 Å². The summed E-state index contributed by atoms with van der Waals surface area (Å²) < 4.78 is 0. The molecule has 0 bridgehead atoms. The lowest BCUT2D eigenvalue weighted by Gasteiger charge is -2.54. The normalized spacial score (nSPS) is 30.8. The number of phenols is 1. The fourth-order valence-corrected chi connectivity index (χ4v) is 6.05. The topological polar surface area (TPSA) is 130 Å². The van der Waals surface area contributed by atoms with Crippen molar-refractivity contribution in [2.24, 2.45) is 0 Å². The van der Waals surface area contributed by atoms with Crippen LogP contribution in [-0.2, 0) is 9.59 Å². The molecule has 2 heterocycles. The highest BCUT2D eigenvalue weighted by Crippen LogP contribution is 2.55. The maximum absolute atomic E-state index is 13.7. The van der Waals surface area contributed by atoms with Gasteiger partial charge in [-0.05, 0) is 38.0 Å². The zero-order valence-electron chi connectivity index (χ0n) is 20.8. The van der Waals surface area contributed by atoms with Crippen LogP contribution in [0.5, 0.6) is 5.75 Å². The second-order valence-corrected chi connectivity index (χ2v) is 10.4. The predicted molar refractivity (Wildman–Crippen MR) is 135 cm³/mol. The summed E-state index contributed by atoms with van der Waals surface area (Å²) in [4.78, 5) is 42.7. The van der Waals surface area contributed by atoms with Gasteiger partial charge in [0.05, 0.1) is 23.7 Å². The lowest BCUT2D eigenvalue weighted by molar-refractivity contribution is -0.174. The SMILES string of the molecule is C=CCN1C(=O)[C@H]2N(C(=O)[C@@H](O)C3(NC(=O)c4cccc(O)c4C)CC3c3ccccc3)C[C@@H](O)C21C. The molecule has 0 spiro atoms. The lowest BCUT2D eigenvalue weighted by Crippen LogP contribution is -2.77. The summed E-state index contributed by atoms with van der Waals surface area (Å²) in [6.07, 6.45) is -0.776. The average molecular weight is 506 g/mol. The zero-order chi connectivity index (χ0) is 26.7. The number of aliphatic hydroxyl groups is 2. The van der Waals surface area contributed by atoms with E-state index in [0.29, 0.717) is 12.0 Å². The Morgan fingerprint density at radius 3 is 2.59 bits per heavy atom. The molecular weight excluding hydrogens is 474 g/mol. The number of carbonyl (C=O) groups is 3. The van der Waals surface area contributed by atoms with Crippen LogP contribution in [0.3, 0.4) is 0 Å². The molecule has 3 amide bonds. The van der Waals surface area contributed by atoms with Gasteiger partial charge in [-0.15, -0.1) is 6.58 Å². The van der Waals surface area contributed by atoms with Gasteiger partial charge in [0.2, 0.25) is 5.91 Å². The molecule has 9 heteroatoms. The minimum absolute atomic E-state index is 0.0355. The number of benzene rings is 2. The molecular formula is C28H31N3O6. The van der Waals surface area contributed by atoms with Crippen LogP contribution in [0.1, 0.15) is 40.7 Å². The number of hydrogen-bond acceptors (Lipinski definition) is 6. The van der Waals surface area contributed by atoms with Crippen molar-refractivity contribution in [3.8, 4) is 5.75 Å². The third-order valence-electron chi connectivity index (χ3n) is 8.41. The van der Waals surface area contributed by atoms with Crippen molar-refractivity contribution in [1.29, 1.82) is 0 Å². The van der Waals surface area contributed by atoms with Crippen LogP contribution < -0.4 is 5.32 Å². The quantitative estimate of drug-likeness (QED) is 0.329. The minimum atomic E-state index is -1.66. The number of carbonyl (C=O) groups excluding carboxylic acids is 3. The van der Waals surface area contributed by atoms with Gasteiger partial charge >= 0.3 is 0 Å². The molecule has 2 saturated heterocycles. The molecule has 4 N–H and O–H groups in total. The van der Waals surface area contributed by atoms with Crippen molar-refractivity contribution >= 4 is 17.7 Å². The fraction of sp³-hybridized carbons (Fsp3) is 0.393. The van der Waals surface area contributed by atoms with Crippen molar-refractivity contribution in [1.82, 2.24) is 15.1 Å². The van der Waals surface area contributed by atoms with Gasteiger partial charge in [-0.25, -0.2) is 0 Å². The molecule has 3 aliphatic rings.